The Hall–Kier alpha value is -4.47. The highest BCUT2D eigenvalue weighted by Crippen LogP contribution is 2.30. The van der Waals surface area contributed by atoms with E-state index in [1.54, 1.807) is 9.80 Å². The average Bonchev–Trinajstić information content (AvgIpc) is 3.54. The van der Waals surface area contributed by atoms with E-state index in [1.165, 1.54) is 40.4 Å². The Bertz CT molecular complexity index is 1320. The van der Waals surface area contributed by atoms with Gasteiger partial charge in [0, 0.05) is 44.9 Å². The SMILES string of the molecule is N#Cc1cnn(-c2ncc(F)c(N3CCN(C(=O)N4N=CCC4c4cc(F)cc(F)c4)CC3)n2)c1. The first-order chi connectivity index (χ1) is 16.9. The molecule has 0 aliphatic carbocycles. The quantitative estimate of drug-likeness (QED) is 0.569. The number of anilines is 1. The summed E-state index contributed by atoms with van der Waals surface area (Å²) < 4.78 is 43.2. The third-order valence-corrected chi connectivity index (χ3v) is 5.77. The summed E-state index contributed by atoms with van der Waals surface area (Å²) in [6.45, 7) is 1.10. The Kier molecular flexibility index (Phi) is 5.77. The predicted octanol–water partition coefficient (Wildman–Crippen LogP) is 2.63. The van der Waals surface area contributed by atoms with Gasteiger partial charge in [-0.05, 0) is 17.7 Å². The summed E-state index contributed by atoms with van der Waals surface area (Å²) in [5, 5.41) is 18.3. The number of piperazine rings is 1. The number of carbonyl (C=O) groups is 1. The van der Waals surface area contributed by atoms with Crippen molar-refractivity contribution in [2.45, 2.75) is 12.5 Å². The molecule has 1 aromatic carbocycles. The van der Waals surface area contributed by atoms with E-state index < -0.39 is 29.5 Å². The second kappa shape index (κ2) is 9.05. The average molecular weight is 481 g/mol. The molecule has 2 aromatic heterocycles. The van der Waals surface area contributed by atoms with Gasteiger partial charge in [0.2, 0.25) is 0 Å². The van der Waals surface area contributed by atoms with Crippen molar-refractivity contribution in [3.63, 3.8) is 0 Å². The Labute approximate surface area is 197 Å². The van der Waals surface area contributed by atoms with Crippen molar-refractivity contribution in [3.8, 4) is 12.0 Å². The number of hydrazone groups is 1. The summed E-state index contributed by atoms with van der Waals surface area (Å²) in [7, 11) is 0. The van der Waals surface area contributed by atoms with E-state index in [4.69, 9.17) is 5.26 Å². The molecule has 10 nitrogen and oxygen atoms in total. The molecule has 0 bridgehead atoms. The molecule has 3 aromatic rings. The van der Waals surface area contributed by atoms with Gasteiger partial charge < -0.3 is 9.80 Å². The minimum Gasteiger partial charge on any atom is -0.350 e. The van der Waals surface area contributed by atoms with Gasteiger partial charge in [-0.15, -0.1) is 0 Å². The largest absolute Gasteiger partial charge is 0.350 e. The highest BCUT2D eigenvalue weighted by atomic mass is 19.1. The Morgan fingerprint density at radius 1 is 1.06 bits per heavy atom. The fraction of sp³-hybridized carbons (Fsp3) is 0.273. The monoisotopic (exact) mass is 481 g/mol. The van der Waals surface area contributed by atoms with Gasteiger partial charge in [0.05, 0.1) is 30.2 Å². The maximum atomic E-state index is 14.5. The summed E-state index contributed by atoms with van der Waals surface area (Å²) >= 11 is 0. The second-order valence-corrected chi connectivity index (χ2v) is 7.98. The molecule has 0 spiro atoms. The van der Waals surface area contributed by atoms with Crippen LogP contribution in [0.15, 0.2) is 41.9 Å². The fourth-order valence-corrected chi connectivity index (χ4v) is 4.07. The van der Waals surface area contributed by atoms with Crippen molar-refractivity contribution in [1.82, 2.24) is 29.7 Å². The van der Waals surface area contributed by atoms with E-state index in [0.717, 1.165) is 12.3 Å². The van der Waals surface area contributed by atoms with Crippen molar-refractivity contribution >= 4 is 18.1 Å². The minimum absolute atomic E-state index is 0.0587. The summed E-state index contributed by atoms with van der Waals surface area (Å²) in [4.78, 5) is 24.6. The molecule has 1 saturated heterocycles. The molecule has 2 aliphatic rings. The summed E-state index contributed by atoms with van der Waals surface area (Å²) in [5.41, 5.74) is 0.635. The topological polar surface area (TPSA) is 107 Å². The molecule has 1 unspecified atom stereocenters. The molecule has 0 saturated carbocycles. The predicted molar refractivity (Wildman–Crippen MR) is 117 cm³/mol. The second-order valence-electron chi connectivity index (χ2n) is 7.98. The van der Waals surface area contributed by atoms with Gasteiger partial charge in [0.15, 0.2) is 11.6 Å². The number of benzene rings is 1. The molecule has 2 aliphatic heterocycles. The number of urea groups is 1. The van der Waals surface area contributed by atoms with Crippen LogP contribution in [0.4, 0.5) is 23.8 Å². The fourth-order valence-electron chi connectivity index (χ4n) is 4.07. The molecule has 4 heterocycles. The van der Waals surface area contributed by atoms with Gasteiger partial charge in [-0.25, -0.2) is 32.6 Å². The molecule has 1 fully saturated rings. The van der Waals surface area contributed by atoms with Crippen LogP contribution in [0.5, 0.6) is 0 Å². The van der Waals surface area contributed by atoms with E-state index in [1.807, 2.05) is 6.07 Å². The molecule has 35 heavy (non-hydrogen) atoms. The van der Waals surface area contributed by atoms with Crippen LogP contribution in [0.25, 0.3) is 5.95 Å². The zero-order valence-corrected chi connectivity index (χ0v) is 18.2. The van der Waals surface area contributed by atoms with Gasteiger partial charge in [0.1, 0.15) is 17.7 Å². The van der Waals surface area contributed by atoms with Crippen molar-refractivity contribution in [2.75, 3.05) is 31.1 Å². The van der Waals surface area contributed by atoms with Crippen LogP contribution in [0.2, 0.25) is 0 Å². The first-order valence-corrected chi connectivity index (χ1v) is 10.7. The molecule has 178 valence electrons. The smallest absolute Gasteiger partial charge is 0.341 e. The maximum absolute atomic E-state index is 14.5. The van der Waals surface area contributed by atoms with Crippen LogP contribution < -0.4 is 4.90 Å². The van der Waals surface area contributed by atoms with E-state index in [9.17, 15) is 18.0 Å². The van der Waals surface area contributed by atoms with Crippen LogP contribution >= 0.6 is 0 Å². The van der Waals surface area contributed by atoms with Crippen LogP contribution in [-0.2, 0) is 0 Å². The maximum Gasteiger partial charge on any atom is 0.341 e. The van der Waals surface area contributed by atoms with Gasteiger partial charge in [-0.1, -0.05) is 0 Å². The van der Waals surface area contributed by atoms with Gasteiger partial charge in [0.25, 0.3) is 5.95 Å². The summed E-state index contributed by atoms with van der Waals surface area (Å²) in [5.74, 6) is -1.91. The lowest BCUT2D eigenvalue weighted by Crippen LogP contribution is -2.52. The number of hydrogen-bond donors (Lipinski definition) is 0. The first kappa shape index (κ1) is 22.3. The van der Waals surface area contributed by atoms with E-state index in [2.05, 4.69) is 20.2 Å². The minimum atomic E-state index is -0.724. The normalized spacial score (nSPS) is 17.7. The molecular formula is C22H18F3N9O. The molecule has 1 atom stereocenters. The molecular weight excluding hydrogens is 463 g/mol. The Morgan fingerprint density at radius 3 is 2.49 bits per heavy atom. The number of carbonyl (C=O) groups excluding carboxylic acids is 1. The Morgan fingerprint density at radius 2 is 1.80 bits per heavy atom. The third-order valence-electron chi connectivity index (χ3n) is 5.77. The highest BCUT2D eigenvalue weighted by molar-refractivity contribution is 5.78. The molecule has 0 radical (unpaired) electrons. The molecule has 0 N–H and O–H groups in total. The number of hydrogen-bond acceptors (Lipinski definition) is 7. The highest BCUT2D eigenvalue weighted by Gasteiger charge is 2.34. The number of nitrogens with zero attached hydrogens (tertiary/aromatic N) is 9. The van der Waals surface area contributed by atoms with Crippen LogP contribution in [0.1, 0.15) is 23.6 Å². The first-order valence-electron chi connectivity index (χ1n) is 10.7. The van der Waals surface area contributed by atoms with Crippen molar-refractivity contribution in [2.24, 2.45) is 5.10 Å². The van der Waals surface area contributed by atoms with Gasteiger partial charge in [-0.2, -0.15) is 20.4 Å². The number of aromatic nitrogens is 4. The zero-order valence-electron chi connectivity index (χ0n) is 18.2. The van der Waals surface area contributed by atoms with E-state index in [0.29, 0.717) is 30.6 Å². The number of halogens is 3. The van der Waals surface area contributed by atoms with Crippen LogP contribution in [0.3, 0.4) is 0 Å². The number of rotatable bonds is 3. The lowest BCUT2D eigenvalue weighted by Gasteiger charge is -2.37. The number of amides is 2. The van der Waals surface area contributed by atoms with Crippen LogP contribution in [0, 0.1) is 28.8 Å². The third kappa shape index (κ3) is 4.37. The van der Waals surface area contributed by atoms with Crippen molar-refractivity contribution < 1.29 is 18.0 Å². The summed E-state index contributed by atoms with van der Waals surface area (Å²) in [6, 6.07) is 4.09. The van der Waals surface area contributed by atoms with Crippen molar-refractivity contribution in [3.05, 3.63) is 65.4 Å². The van der Waals surface area contributed by atoms with E-state index >= 15 is 0 Å². The molecule has 13 heteroatoms. The van der Waals surface area contributed by atoms with E-state index in [-0.39, 0.29) is 24.9 Å². The standard InChI is InChI=1S/C22H18F3N9O/c23-16-7-15(8-17(24)9-16)19-1-2-28-34(19)22(35)32-5-3-31(4-6-32)20-18(25)12-27-21(30-20)33-13-14(10-26)11-29-33/h2,7-9,11-13,19H,1,3-6H2. The summed E-state index contributed by atoms with van der Waals surface area (Å²) in [6.07, 6.45) is 5.69. The van der Waals surface area contributed by atoms with Gasteiger partial charge in [-0.3, -0.25) is 0 Å². The van der Waals surface area contributed by atoms with Gasteiger partial charge >= 0.3 is 6.03 Å². The lowest BCUT2D eigenvalue weighted by molar-refractivity contribution is 0.139. The van der Waals surface area contributed by atoms with Crippen LogP contribution in [-0.4, -0.2) is 68.1 Å². The molecule has 2 amide bonds. The lowest BCUT2D eigenvalue weighted by atomic mass is 10.0. The molecule has 5 rings (SSSR count). The van der Waals surface area contributed by atoms with Crippen molar-refractivity contribution in [1.29, 1.82) is 5.26 Å². The Balaban J connectivity index is 1.28. The number of nitriles is 1. The zero-order chi connectivity index (χ0) is 24.5.